The lowest BCUT2D eigenvalue weighted by atomic mass is 10.2. The maximum atomic E-state index is 11.8. The van der Waals surface area contributed by atoms with Gasteiger partial charge in [-0.15, -0.1) is 0 Å². The van der Waals surface area contributed by atoms with E-state index in [-0.39, 0.29) is 25.5 Å². The first kappa shape index (κ1) is 14.4. The van der Waals surface area contributed by atoms with Gasteiger partial charge in [0.1, 0.15) is 6.04 Å². The van der Waals surface area contributed by atoms with E-state index in [0.29, 0.717) is 19.7 Å². The van der Waals surface area contributed by atoms with Gasteiger partial charge in [0.05, 0.1) is 32.2 Å². The van der Waals surface area contributed by atoms with Gasteiger partial charge >= 0.3 is 5.97 Å². The van der Waals surface area contributed by atoms with Crippen molar-refractivity contribution >= 4 is 11.9 Å². The van der Waals surface area contributed by atoms with Crippen LogP contribution in [0.2, 0.25) is 0 Å². The fraction of sp³-hybridized carbons (Fsp3) is 0.727. The van der Waals surface area contributed by atoms with E-state index in [9.17, 15) is 9.59 Å². The van der Waals surface area contributed by atoms with Gasteiger partial charge in [0.15, 0.2) is 0 Å². The molecule has 1 aliphatic rings. The fourth-order valence-electron chi connectivity index (χ4n) is 1.69. The second-order valence-electron chi connectivity index (χ2n) is 4.12. The van der Waals surface area contributed by atoms with E-state index in [4.69, 9.17) is 15.1 Å². The number of aliphatic carboxylic acids is 1. The lowest BCUT2D eigenvalue weighted by molar-refractivity contribution is -0.151. The van der Waals surface area contributed by atoms with E-state index >= 15 is 0 Å². The topological polar surface area (TPSA) is 93.9 Å². The molecule has 1 heterocycles. The van der Waals surface area contributed by atoms with E-state index in [1.54, 1.807) is 11.9 Å². The van der Waals surface area contributed by atoms with Crippen molar-refractivity contribution in [2.24, 2.45) is 0 Å². The molecule has 1 saturated heterocycles. The standard InChI is InChI=1S/C11H17N3O4/c1-13(4-2-3-12)10(15)7-14-5-6-18-8-9(14)11(16)17/h9H,2,4-8H2,1H3,(H,16,17). The first-order valence-electron chi connectivity index (χ1n) is 5.71. The number of ether oxygens (including phenoxy) is 1. The van der Waals surface area contributed by atoms with Crippen molar-refractivity contribution in [3.8, 4) is 6.07 Å². The van der Waals surface area contributed by atoms with Crippen molar-refractivity contribution in [3.63, 3.8) is 0 Å². The number of hydrogen-bond acceptors (Lipinski definition) is 5. The number of carboxylic acid groups (broad SMARTS) is 1. The van der Waals surface area contributed by atoms with Gasteiger partial charge in [-0.1, -0.05) is 0 Å². The van der Waals surface area contributed by atoms with E-state index in [0.717, 1.165) is 0 Å². The molecule has 0 saturated carbocycles. The Morgan fingerprint density at radius 3 is 2.94 bits per heavy atom. The zero-order chi connectivity index (χ0) is 13.5. The summed E-state index contributed by atoms with van der Waals surface area (Å²) < 4.78 is 5.09. The maximum absolute atomic E-state index is 11.8. The largest absolute Gasteiger partial charge is 0.480 e. The van der Waals surface area contributed by atoms with Crippen LogP contribution in [0.3, 0.4) is 0 Å². The average molecular weight is 255 g/mol. The van der Waals surface area contributed by atoms with Crippen molar-refractivity contribution in [3.05, 3.63) is 0 Å². The van der Waals surface area contributed by atoms with Gasteiger partial charge < -0.3 is 14.7 Å². The van der Waals surface area contributed by atoms with Crippen molar-refractivity contribution in [2.45, 2.75) is 12.5 Å². The Morgan fingerprint density at radius 2 is 2.33 bits per heavy atom. The predicted molar refractivity (Wildman–Crippen MR) is 61.7 cm³/mol. The monoisotopic (exact) mass is 255 g/mol. The molecular weight excluding hydrogens is 238 g/mol. The van der Waals surface area contributed by atoms with Crippen LogP contribution in [-0.4, -0.2) is 72.7 Å². The van der Waals surface area contributed by atoms with Crippen LogP contribution >= 0.6 is 0 Å². The molecule has 1 fully saturated rings. The van der Waals surface area contributed by atoms with Crippen molar-refractivity contribution in [1.82, 2.24) is 9.80 Å². The summed E-state index contributed by atoms with van der Waals surface area (Å²) in [5.41, 5.74) is 0. The predicted octanol–water partition coefficient (Wildman–Crippen LogP) is -0.856. The first-order chi connectivity index (χ1) is 8.56. The average Bonchev–Trinajstić information content (AvgIpc) is 2.36. The molecule has 0 aromatic carbocycles. The zero-order valence-corrected chi connectivity index (χ0v) is 10.3. The minimum Gasteiger partial charge on any atom is -0.480 e. The minimum absolute atomic E-state index is 0.0439. The molecule has 0 aromatic rings. The van der Waals surface area contributed by atoms with Crippen LogP contribution in [0, 0.1) is 11.3 Å². The van der Waals surface area contributed by atoms with Gasteiger partial charge in [-0.2, -0.15) is 5.26 Å². The van der Waals surface area contributed by atoms with Crippen LogP contribution in [0.4, 0.5) is 0 Å². The number of carboxylic acids is 1. The number of morpholine rings is 1. The lowest BCUT2D eigenvalue weighted by Gasteiger charge is -2.33. The second kappa shape index (κ2) is 6.93. The van der Waals surface area contributed by atoms with E-state index < -0.39 is 12.0 Å². The van der Waals surface area contributed by atoms with Gasteiger partial charge in [0, 0.05) is 20.1 Å². The van der Waals surface area contributed by atoms with Crippen LogP contribution in [0.1, 0.15) is 6.42 Å². The smallest absolute Gasteiger partial charge is 0.323 e. The quantitative estimate of drug-likeness (QED) is 0.687. The number of nitrogens with zero attached hydrogens (tertiary/aromatic N) is 3. The molecule has 1 N–H and O–H groups in total. The molecule has 18 heavy (non-hydrogen) atoms. The second-order valence-corrected chi connectivity index (χ2v) is 4.12. The van der Waals surface area contributed by atoms with Crippen molar-refractivity contribution in [2.75, 3.05) is 39.9 Å². The molecule has 0 aromatic heterocycles. The van der Waals surface area contributed by atoms with Crippen LogP contribution in [0.25, 0.3) is 0 Å². The molecule has 7 nitrogen and oxygen atoms in total. The Balaban J connectivity index is 2.51. The molecule has 1 aliphatic heterocycles. The minimum atomic E-state index is -0.984. The van der Waals surface area contributed by atoms with E-state index in [1.807, 2.05) is 6.07 Å². The normalized spacial score (nSPS) is 20.1. The zero-order valence-electron chi connectivity index (χ0n) is 10.3. The first-order valence-corrected chi connectivity index (χ1v) is 5.71. The van der Waals surface area contributed by atoms with Gasteiger partial charge in [-0.05, 0) is 0 Å². The highest BCUT2D eigenvalue weighted by molar-refractivity contribution is 5.80. The van der Waals surface area contributed by atoms with Gasteiger partial charge in [-0.25, -0.2) is 0 Å². The molecule has 0 spiro atoms. The van der Waals surface area contributed by atoms with Crippen LogP contribution in [-0.2, 0) is 14.3 Å². The summed E-state index contributed by atoms with van der Waals surface area (Å²) in [7, 11) is 1.61. The number of carbonyl (C=O) groups is 2. The van der Waals surface area contributed by atoms with E-state index in [1.165, 1.54) is 4.90 Å². The van der Waals surface area contributed by atoms with Crippen molar-refractivity contribution in [1.29, 1.82) is 5.26 Å². The fourth-order valence-corrected chi connectivity index (χ4v) is 1.69. The van der Waals surface area contributed by atoms with E-state index in [2.05, 4.69) is 0 Å². The van der Waals surface area contributed by atoms with Crippen LogP contribution in [0.5, 0.6) is 0 Å². The summed E-state index contributed by atoms with van der Waals surface area (Å²) in [5.74, 6) is -1.17. The van der Waals surface area contributed by atoms with Gasteiger partial charge in [0.25, 0.3) is 0 Å². The number of nitriles is 1. The molecule has 1 amide bonds. The summed E-state index contributed by atoms with van der Waals surface area (Å²) in [6.45, 7) is 1.36. The van der Waals surface area contributed by atoms with Crippen molar-refractivity contribution < 1.29 is 19.4 Å². The Morgan fingerprint density at radius 1 is 1.61 bits per heavy atom. The Hall–Kier alpha value is -1.65. The molecule has 0 radical (unpaired) electrons. The Bertz CT molecular complexity index is 353. The molecule has 100 valence electrons. The highest BCUT2D eigenvalue weighted by atomic mass is 16.5. The molecule has 7 heteroatoms. The van der Waals surface area contributed by atoms with Crippen LogP contribution < -0.4 is 0 Å². The number of amides is 1. The SMILES string of the molecule is CN(CCC#N)C(=O)CN1CCOCC1C(=O)O. The maximum Gasteiger partial charge on any atom is 0.323 e. The summed E-state index contributed by atoms with van der Waals surface area (Å²) in [6, 6.07) is 1.19. The molecule has 0 aliphatic carbocycles. The highest BCUT2D eigenvalue weighted by Crippen LogP contribution is 2.07. The lowest BCUT2D eigenvalue weighted by Crippen LogP contribution is -2.53. The molecule has 1 atom stereocenters. The number of hydrogen-bond donors (Lipinski definition) is 1. The number of rotatable bonds is 5. The Labute approximate surface area is 106 Å². The highest BCUT2D eigenvalue weighted by Gasteiger charge is 2.30. The third-order valence-electron chi connectivity index (χ3n) is 2.85. The molecule has 1 unspecified atom stereocenters. The summed E-state index contributed by atoms with van der Waals surface area (Å²) in [5, 5.41) is 17.5. The summed E-state index contributed by atoms with van der Waals surface area (Å²) >= 11 is 0. The molecule has 0 bridgehead atoms. The molecular formula is C11H17N3O4. The van der Waals surface area contributed by atoms with Gasteiger partial charge in [0.2, 0.25) is 5.91 Å². The number of carbonyl (C=O) groups excluding carboxylic acids is 1. The van der Waals surface area contributed by atoms with Crippen LogP contribution in [0.15, 0.2) is 0 Å². The number of likely N-dealkylation sites (N-methyl/N-ethyl adjacent to an activating group) is 1. The third-order valence-corrected chi connectivity index (χ3v) is 2.85. The van der Waals surface area contributed by atoms with Gasteiger partial charge in [-0.3, -0.25) is 14.5 Å². The summed E-state index contributed by atoms with van der Waals surface area (Å²) in [6.07, 6.45) is 0.272. The third kappa shape index (κ3) is 3.98. The Kier molecular flexibility index (Phi) is 5.55. The summed E-state index contributed by atoms with van der Waals surface area (Å²) in [4.78, 5) is 25.9. The molecule has 1 rings (SSSR count).